The van der Waals surface area contributed by atoms with Crippen molar-refractivity contribution >= 4 is 20.6 Å². The highest BCUT2D eigenvalue weighted by atomic mass is 33.1. The molecule has 0 saturated heterocycles. The Balaban J connectivity index is 2.76. The average Bonchev–Trinajstić information content (AvgIpc) is 2.02. The zero-order valence-electron chi connectivity index (χ0n) is 9.03. The first-order valence-electron chi connectivity index (χ1n) is 4.56. The van der Waals surface area contributed by atoms with Crippen LogP contribution in [0.25, 0.3) is 0 Å². The van der Waals surface area contributed by atoms with E-state index in [9.17, 15) is 4.21 Å². The van der Waals surface area contributed by atoms with Gasteiger partial charge in [-0.3, -0.25) is 0 Å². The summed E-state index contributed by atoms with van der Waals surface area (Å²) in [5, 5.41) is 0. The SMILES string of the molecule is Cc1ccc(S(=O)SC(C)(C)C)cc1. The molecule has 0 N–H and O–H groups in total. The summed E-state index contributed by atoms with van der Waals surface area (Å²) in [7, 11) is 0.543. The highest BCUT2D eigenvalue weighted by Gasteiger charge is 2.16. The molecule has 1 nitrogen and oxygen atoms in total. The van der Waals surface area contributed by atoms with Crippen LogP contribution in [0.15, 0.2) is 29.2 Å². The molecule has 0 spiro atoms. The topological polar surface area (TPSA) is 17.1 Å². The minimum atomic E-state index is -0.944. The molecule has 0 aliphatic rings. The van der Waals surface area contributed by atoms with E-state index in [0.717, 1.165) is 4.90 Å². The van der Waals surface area contributed by atoms with E-state index in [1.807, 2.05) is 31.2 Å². The van der Waals surface area contributed by atoms with Gasteiger partial charge in [0.15, 0.2) is 0 Å². The molecule has 1 aromatic rings. The van der Waals surface area contributed by atoms with Crippen LogP contribution in [0.2, 0.25) is 0 Å². The molecule has 0 bridgehead atoms. The van der Waals surface area contributed by atoms with E-state index >= 15 is 0 Å². The van der Waals surface area contributed by atoms with Crippen LogP contribution in [-0.4, -0.2) is 8.96 Å². The van der Waals surface area contributed by atoms with E-state index in [0.29, 0.717) is 0 Å². The molecular weight excluding hydrogens is 212 g/mol. The van der Waals surface area contributed by atoms with Gasteiger partial charge in [-0.2, -0.15) is 0 Å². The lowest BCUT2D eigenvalue weighted by Crippen LogP contribution is -2.09. The molecule has 0 aliphatic carbocycles. The lowest BCUT2D eigenvalue weighted by molar-refractivity contribution is 0.690. The highest BCUT2D eigenvalue weighted by Crippen LogP contribution is 2.30. The predicted molar refractivity (Wildman–Crippen MR) is 64.9 cm³/mol. The largest absolute Gasteiger partial charge is 0.243 e. The number of hydrogen-bond donors (Lipinski definition) is 0. The van der Waals surface area contributed by atoms with Crippen molar-refractivity contribution in [3.8, 4) is 0 Å². The fraction of sp³-hybridized carbons (Fsp3) is 0.455. The summed E-state index contributed by atoms with van der Waals surface area (Å²) in [5.41, 5.74) is 1.20. The van der Waals surface area contributed by atoms with Crippen molar-refractivity contribution in [3.05, 3.63) is 29.8 Å². The average molecular weight is 228 g/mol. The van der Waals surface area contributed by atoms with Gasteiger partial charge in [-0.05, 0) is 19.1 Å². The van der Waals surface area contributed by atoms with Crippen LogP contribution in [-0.2, 0) is 9.83 Å². The molecule has 0 fully saturated rings. The van der Waals surface area contributed by atoms with Gasteiger partial charge in [-0.25, -0.2) is 4.21 Å². The van der Waals surface area contributed by atoms with Crippen LogP contribution in [0, 0.1) is 6.92 Å². The first kappa shape index (κ1) is 11.8. The van der Waals surface area contributed by atoms with Crippen molar-refractivity contribution < 1.29 is 4.21 Å². The van der Waals surface area contributed by atoms with E-state index < -0.39 is 9.83 Å². The molecule has 1 aromatic carbocycles. The molecule has 1 rings (SSSR count). The van der Waals surface area contributed by atoms with Crippen molar-refractivity contribution in [2.75, 3.05) is 0 Å². The fourth-order valence-corrected chi connectivity index (χ4v) is 3.82. The van der Waals surface area contributed by atoms with Crippen molar-refractivity contribution in [2.24, 2.45) is 0 Å². The molecule has 0 amide bonds. The lowest BCUT2D eigenvalue weighted by Gasteiger charge is -2.16. The maximum Gasteiger partial charge on any atom is 0.113 e. The Hall–Kier alpha value is -0.280. The molecule has 0 heterocycles. The van der Waals surface area contributed by atoms with Gasteiger partial charge >= 0.3 is 0 Å². The fourth-order valence-electron chi connectivity index (χ4n) is 0.925. The van der Waals surface area contributed by atoms with Crippen LogP contribution < -0.4 is 0 Å². The van der Waals surface area contributed by atoms with Crippen LogP contribution >= 0.6 is 10.8 Å². The highest BCUT2D eigenvalue weighted by molar-refractivity contribution is 8.69. The monoisotopic (exact) mass is 228 g/mol. The maximum atomic E-state index is 11.8. The van der Waals surface area contributed by atoms with Gasteiger partial charge in [0.25, 0.3) is 0 Å². The van der Waals surface area contributed by atoms with Gasteiger partial charge in [0, 0.05) is 9.64 Å². The molecule has 14 heavy (non-hydrogen) atoms. The minimum Gasteiger partial charge on any atom is -0.243 e. The van der Waals surface area contributed by atoms with Gasteiger partial charge in [0.1, 0.15) is 9.83 Å². The molecule has 0 aliphatic heterocycles. The standard InChI is InChI=1S/C11H16OS2/c1-9-5-7-10(8-6-9)14(12)13-11(2,3)4/h5-8H,1-4H3. The number of aryl methyl sites for hydroxylation is 1. The maximum absolute atomic E-state index is 11.8. The Labute approximate surface area is 92.2 Å². The molecule has 1 unspecified atom stereocenters. The van der Waals surface area contributed by atoms with E-state index in [1.54, 1.807) is 0 Å². The van der Waals surface area contributed by atoms with Crippen molar-refractivity contribution in [1.82, 2.24) is 0 Å². The van der Waals surface area contributed by atoms with Crippen molar-refractivity contribution in [1.29, 1.82) is 0 Å². The van der Waals surface area contributed by atoms with Gasteiger partial charge < -0.3 is 0 Å². The second kappa shape index (κ2) is 4.49. The first-order valence-corrected chi connectivity index (χ1v) is 7.05. The summed E-state index contributed by atoms with van der Waals surface area (Å²) in [6.07, 6.45) is 0. The molecule has 0 radical (unpaired) electrons. The van der Waals surface area contributed by atoms with Crippen LogP contribution in [0.1, 0.15) is 26.3 Å². The van der Waals surface area contributed by atoms with Crippen LogP contribution in [0.3, 0.4) is 0 Å². The summed E-state index contributed by atoms with van der Waals surface area (Å²) >= 11 is 0. The molecule has 3 heteroatoms. The Morgan fingerprint density at radius 2 is 1.64 bits per heavy atom. The van der Waals surface area contributed by atoms with E-state index in [4.69, 9.17) is 0 Å². The third-order valence-corrected chi connectivity index (χ3v) is 5.38. The zero-order valence-corrected chi connectivity index (χ0v) is 10.7. The Kier molecular flexibility index (Phi) is 3.78. The molecule has 78 valence electrons. The smallest absolute Gasteiger partial charge is 0.113 e. The van der Waals surface area contributed by atoms with Crippen molar-refractivity contribution in [2.45, 2.75) is 37.3 Å². The first-order chi connectivity index (χ1) is 6.38. The molecular formula is C11H16OS2. The third-order valence-electron chi connectivity index (χ3n) is 1.54. The zero-order chi connectivity index (χ0) is 10.8. The lowest BCUT2D eigenvalue weighted by atomic mass is 10.2. The molecule has 0 saturated carbocycles. The summed E-state index contributed by atoms with van der Waals surface area (Å²) in [5.74, 6) is 0. The van der Waals surface area contributed by atoms with Crippen LogP contribution in [0.5, 0.6) is 0 Å². The normalized spacial score (nSPS) is 14.0. The quantitative estimate of drug-likeness (QED) is 0.720. The number of rotatable bonds is 2. The number of hydrogen-bond acceptors (Lipinski definition) is 2. The summed E-state index contributed by atoms with van der Waals surface area (Å²) in [4.78, 5) is 0.899. The summed E-state index contributed by atoms with van der Waals surface area (Å²) in [6, 6.07) is 7.86. The second-order valence-corrected chi connectivity index (χ2v) is 7.98. The number of benzene rings is 1. The van der Waals surface area contributed by atoms with Gasteiger partial charge in [0.2, 0.25) is 0 Å². The molecule has 1 atom stereocenters. The second-order valence-electron chi connectivity index (χ2n) is 4.24. The van der Waals surface area contributed by atoms with Gasteiger partial charge in [-0.15, -0.1) is 0 Å². The Morgan fingerprint density at radius 1 is 1.14 bits per heavy atom. The Morgan fingerprint density at radius 3 is 2.07 bits per heavy atom. The van der Waals surface area contributed by atoms with Crippen LogP contribution in [0.4, 0.5) is 0 Å². The minimum absolute atomic E-state index is 0.0374. The third kappa shape index (κ3) is 3.84. The van der Waals surface area contributed by atoms with E-state index in [2.05, 4.69) is 20.8 Å². The predicted octanol–water partition coefficient (Wildman–Crippen LogP) is 3.55. The van der Waals surface area contributed by atoms with Gasteiger partial charge in [0.05, 0.1) is 0 Å². The summed E-state index contributed by atoms with van der Waals surface area (Å²) < 4.78 is 11.9. The van der Waals surface area contributed by atoms with Crippen molar-refractivity contribution in [3.63, 3.8) is 0 Å². The van der Waals surface area contributed by atoms with Gasteiger partial charge in [-0.1, -0.05) is 49.3 Å². The van der Waals surface area contributed by atoms with E-state index in [-0.39, 0.29) is 4.75 Å². The Bertz CT molecular complexity index is 322. The molecule has 0 aromatic heterocycles. The van der Waals surface area contributed by atoms with E-state index in [1.165, 1.54) is 16.4 Å². The summed E-state index contributed by atoms with van der Waals surface area (Å²) in [6.45, 7) is 8.25.